The number of hydrogen-bond donors (Lipinski definition) is 2. The van der Waals surface area contributed by atoms with Gasteiger partial charge in [0.1, 0.15) is 5.69 Å². The molecule has 5 nitrogen and oxygen atoms in total. The molecule has 0 fully saturated rings. The number of amides is 1. The molecule has 0 unspecified atom stereocenters. The van der Waals surface area contributed by atoms with Crippen molar-refractivity contribution in [1.82, 2.24) is 20.1 Å². The smallest absolute Gasteiger partial charge is 0.272 e. The Morgan fingerprint density at radius 1 is 1.25 bits per heavy atom. The highest BCUT2D eigenvalue weighted by Gasteiger charge is 2.24. The summed E-state index contributed by atoms with van der Waals surface area (Å²) in [6, 6.07) is 10.0. The topological polar surface area (TPSA) is 64.8 Å². The Labute approximate surface area is 142 Å². The molecule has 0 radical (unpaired) electrons. The second-order valence-corrected chi connectivity index (χ2v) is 7.50. The summed E-state index contributed by atoms with van der Waals surface area (Å²) in [7, 11) is 0. The van der Waals surface area contributed by atoms with E-state index in [4.69, 9.17) is 0 Å². The molecule has 1 amide bonds. The van der Waals surface area contributed by atoms with E-state index >= 15 is 0 Å². The summed E-state index contributed by atoms with van der Waals surface area (Å²) >= 11 is 0. The van der Waals surface area contributed by atoms with Gasteiger partial charge in [0.25, 0.3) is 5.91 Å². The molecular weight excluding hydrogens is 300 g/mol. The highest BCUT2D eigenvalue weighted by Crippen LogP contribution is 2.23. The molecule has 0 aliphatic heterocycles. The van der Waals surface area contributed by atoms with Crippen LogP contribution in [0.3, 0.4) is 0 Å². The first kappa shape index (κ1) is 16.3. The number of nitrogens with zero attached hydrogens (tertiary/aromatic N) is 2. The highest BCUT2D eigenvalue weighted by molar-refractivity contribution is 5.93. The number of nitrogens with one attached hydrogen (secondary N) is 2. The molecule has 2 heterocycles. The first-order valence-corrected chi connectivity index (χ1v) is 8.20. The third-order valence-electron chi connectivity index (χ3n) is 3.94. The Morgan fingerprint density at radius 2 is 2.04 bits per heavy atom. The van der Waals surface area contributed by atoms with Gasteiger partial charge >= 0.3 is 0 Å². The van der Waals surface area contributed by atoms with E-state index in [1.165, 1.54) is 0 Å². The molecule has 0 spiro atoms. The van der Waals surface area contributed by atoms with E-state index in [1.807, 2.05) is 30.2 Å². The lowest BCUT2D eigenvalue weighted by molar-refractivity contribution is 0.0674. The Balaban J connectivity index is 1.93. The molecule has 0 aliphatic carbocycles. The lowest BCUT2D eigenvalue weighted by Crippen LogP contribution is -2.37. The predicted molar refractivity (Wildman–Crippen MR) is 95.8 cm³/mol. The fourth-order valence-corrected chi connectivity index (χ4v) is 2.97. The van der Waals surface area contributed by atoms with Gasteiger partial charge in [-0.2, -0.15) is 5.10 Å². The molecule has 0 saturated carbocycles. The maximum atomic E-state index is 13.0. The fraction of sp³-hybridized carbons (Fsp3) is 0.368. The van der Waals surface area contributed by atoms with Crippen molar-refractivity contribution in [3.8, 4) is 0 Å². The largest absolute Gasteiger partial charge is 0.361 e. The monoisotopic (exact) mass is 324 g/mol. The maximum Gasteiger partial charge on any atom is 0.272 e. The SMILES string of the molecule is Cc1cc(C(=O)N(Cc2cccc3[nH]ccc23)CC(C)(C)C)[nH]n1. The number of aryl methyl sites for hydroxylation is 1. The molecule has 126 valence electrons. The molecule has 3 rings (SSSR count). The average Bonchev–Trinajstić information content (AvgIpc) is 3.13. The van der Waals surface area contributed by atoms with Gasteiger partial charge in [0.2, 0.25) is 0 Å². The Kier molecular flexibility index (Phi) is 4.18. The number of aromatic amines is 2. The Bertz CT molecular complexity index is 854. The van der Waals surface area contributed by atoms with Gasteiger partial charge in [-0.05, 0) is 36.1 Å². The van der Waals surface area contributed by atoms with Crippen LogP contribution in [0.1, 0.15) is 42.5 Å². The van der Waals surface area contributed by atoms with Crippen LogP contribution in [0.15, 0.2) is 36.5 Å². The van der Waals surface area contributed by atoms with Crippen molar-refractivity contribution in [3.05, 3.63) is 53.5 Å². The second-order valence-electron chi connectivity index (χ2n) is 7.50. The summed E-state index contributed by atoms with van der Waals surface area (Å²) in [5.74, 6) is -0.0157. The van der Waals surface area contributed by atoms with E-state index in [2.05, 4.69) is 48.1 Å². The zero-order valence-electron chi connectivity index (χ0n) is 14.7. The van der Waals surface area contributed by atoms with Crippen molar-refractivity contribution < 1.29 is 4.79 Å². The zero-order valence-corrected chi connectivity index (χ0v) is 14.7. The van der Waals surface area contributed by atoms with Crippen LogP contribution in [0, 0.1) is 12.3 Å². The summed E-state index contributed by atoms with van der Waals surface area (Å²) in [5.41, 5.74) is 3.60. The fourth-order valence-electron chi connectivity index (χ4n) is 2.97. The molecule has 0 aliphatic rings. The molecule has 3 aromatic rings. The molecule has 2 N–H and O–H groups in total. The van der Waals surface area contributed by atoms with Crippen molar-refractivity contribution >= 4 is 16.8 Å². The van der Waals surface area contributed by atoms with Crippen molar-refractivity contribution in [2.24, 2.45) is 5.41 Å². The van der Waals surface area contributed by atoms with E-state index in [-0.39, 0.29) is 11.3 Å². The third kappa shape index (κ3) is 3.50. The van der Waals surface area contributed by atoms with E-state index in [0.29, 0.717) is 18.8 Å². The summed E-state index contributed by atoms with van der Waals surface area (Å²) < 4.78 is 0. The first-order valence-electron chi connectivity index (χ1n) is 8.20. The Hall–Kier alpha value is -2.56. The second kappa shape index (κ2) is 6.15. The quantitative estimate of drug-likeness (QED) is 0.764. The van der Waals surface area contributed by atoms with Crippen LogP contribution in [0.25, 0.3) is 10.9 Å². The molecular formula is C19H24N4O. The third-order valence-corrected chi connectivity index (χ3v) is 3.94. The van der Waals surface area contributed by atoms with Crippen LogP contribution >= 0.6 is 0 Å². The number of fused-ring (bicyclic) bond motifs is 1. The standard InChI is InChI=1S/C19H24N4O/c1-13-10-17(22-21-13)18(24)23(12-19(2,3)4)11-14-6-5-7-16-15(14)8-9-20-16/h5-10,20H,11-12H2,1-4H3,(H,21,22). The minimum Gasteiger partial charge on any atom is -0.361 e. The van der Waals surface area contributed by atoms with E-state index in [9.17, 15) is 4.79 Å². The van der Waals surface area contributed by atoms with Crippen molar-refractivity contribution in [2.75, 3.05) is 6.54 Å². The van der Waals surface area contributed by atoms with Gasteiger partial charge < -0.3 is 9.88 Å². The van der Waals surface area contributed by atoms with Crippen LogP contribution in [0.4, 0.5) is 0 Å². The van der Waals surface area contributed by atoms with Gasteiger partial charge in [0.15, 0.2) is 0 Å². The van der Waals surface area contributed by atoms with Crippen LogP contribution in [-0.2, 0) is 6.54 Å². The highest BCUT2D eigenvalue weighted by atomic mass is 16.2. The number of aromatic nitrogens is 3. The molecule has 0 atom stereocenters. The number of carbonyl (C=O) groups is 1. The van der Waals surface area contributed by atoms with E-state index < -0.39 is 0 Å². The molecule has 2 aromatic heterocycles. The summed E-state index contributed by atoms with van der Waals surface area (Å²) in [4.78, 5) is 18.1. The summed E-state index contributed by atoms with van der Waals surface area (Å²) in [5, 5.41) is 8.09. The van der Waals surface area contributed by atoms with Crippen LogP contribution < -0.4 is 0 Å². The zero-order chi connectivity index (χ0) is 17.3. The van der Waals surface area contributed by atoms with Gasteiger partial charge in [-0.25, -0.2) is 0 Å². The summed E-state index contributed by atoms with van der Waals surface area (Å²) in [6.45, 7) is 9.54. The molecule has 0 saturated heterocycles. The molecule has 1 aromatic carbocycles. The molecule has 24 heavy (non-hydrogen) atoms. The summed E-state index contributed by atoms with van der Waals surface area (Å²) in [6.07, 6.45) is 1.93. The number of rotatable bonds is 4. The Morgan fingerprint density at radius 3 is 2.71 bits per heavy atom. The van der Waals surface area contributed by atoms with Crippen molar-refractivity contribution in [1.29, 1.82) is 0 Å². The molecule has 0 bridgehead atoms. The number of carbonyl (C=O) groups excluding carboxylic acids is 1. The van der Waals surface area contributed by atoms with E-state index in [1.54, 1.807) is 6.07 Å². The minimum absolute atomic E-state index is 0.0107. The van der Waals surface area contributed by atoms with Gasteiger partial charge in [-0.3, -0.25) is 9.89 Å². The maximum absolute atomic E-state index is 13.0. The first-order chi connectivity index (χ1) is 11.3. The minimum atomic E-state index is -0.0157. The van der Waals surface area contributed by atoms with Crippen LogP contribution in [-0.4, -0.2) is 32.5 Å². The van der Waals surface area contributed by atoms with Crippen molar-refractivity contribution in [3.63, 3.8) is 0 Å². The average molecular weight is 324 g/mol. The van der Waals surface area contributed by atoms with E-state index in [0.717, 1.165) is 22.2 Å². The predicted octanol–water partition coefficient (Wildman–Crippen LogP) is 3.89. The van der Waals surface area contributed by atoms with Crippen LogP contribution in [0.2, 0.25) is 0 Å². The normalized spacial score (nSPS) is 11.8. The number of H-pyrrole nitrogens is 2. The number of hydrogen-bond acceptors (Lipinski definition) is 2. The lowest BCUT2D eigenvalue weighted by atomic mass is 9.95. The lowest BCUT2D eigenvalue weighted by Gasteiger charge is -2.30. The number of benzene rings is 1. The molecule has 5 heteroatoms. The van der Waals surface area contributed by atoms with Gasteiger partial charge in [-0.15, -0.1) is 0 Å². The van der Waals surface area contributed by atoms with Crippen molar-refractivity contribution in [2.45, 2.75) is 34.2 Å². The van der Waals surface area contributed by atoms with Gasteiger partial charge in [0, 0.05) is 30.2 Å². The van der Waals surface area contributed by atoms with Gasteiger partial charge in [-0.1, -0.05) is 32.9 Å². The van der Waals surface area contributed by atoms with Gasteiger partial charge in [0.05, 0.1) is 5.69 Å². The van der Waals surface area contributed by atoms with Crippen LogP contribution in [0.5, 0.6) is 0 Å².